The van der Waals surface area contributed by atoms with Gasteiger partial charge in [-0.15, -0.1) is 29.1 Å². The first-order valence-corrected chi connectivity index (χ1v) is 18.8. The molecule has 0 atom stereocenters. The van der Waals surface area contributed by atoms with Crippen LogP contribution >= 0.6 is 0 Å². The van der Waals surface area contributed by atoms with Crippen molar-refractivity contribution in [3.8, 4) is 22.5 Å². The molecular weight excluding hydrogens is 817 g/mol. The molecule has 1 heterocycles. The van der Waals surface area contributed by atoms with E-state index in [0.717, 1.165) is 49.1 Å². The molecule has 0 fully saturated rings. The summed E-state index contributed by atoms with van der Waals surface area (Å²) in [6.07, 6.45) is 7.49. The topological polar surface area (TPSA) is 63.1 Å². The van der Waals surface area contributed by atoms with E-state index in [0.29, 0.717) is 0 Å². The van der Waals surface area contributed by atoms with Gasteiger partial charge in [0.2, 0.25) is 0 Å². The number of aromatic nitrogens is 2. The third-order valence-electron chi connectivity index (χ3n) is 11.7. The van der Waals surface area contributed by atoms with Gasteiger partial charge >= 0.3 is 0 Å². The Balaban J connectivity index is 0.000000289. The summed E-state index contributed by atoms with van der Waals surface area (Å²) >= 11 is 0. The Morgan fingerprint density at radius 2 is 1.33 bits per heavy atom. The minimum Gasteiger partial charge on any atom is -0.512 e. The Kier molecular flexibility index (Phi) is 12.4. The number of benzene rings is 4. The standard InChI is InChI=1S/C32H29N2.C15H28O2.Ir/c1-31(2,3)18-24-17-22-12-8-9-13-25(22)27-26(24)30-28(32(27,4)5)29(33-19-34-30)23-15-14-20-10-6-7-11-21(20)16-23;1-7-14(5,8-2)12(16)11-13(17)15(6,9-3)10-4;/h6-14,16-17,19H,18H2,1-5H3;11,16H,7-10H2,1-6H3;/q-1;;/b;12-11-;. The Morgan fingerprint density at radius 3 is 1.92 bits per heavy atom. The number of rotatable bonds is 9. The largest absolute Gasteiger partial charge is 0.512 e. The van der Waals surface area contributed by atoms with Crippen molar-refractivity contribution in [2.45, 2.75) is 114 Å². The summed E-state index contributed by atoms with van der Waals surface area (Å²) in [4.78, 5) is 21.9. The maximum absolute atomic E-state index is 12.2. The van der Waals surface area contributed by atoms with Gasteiger partial charge in [0.25, 0.3) is 0 Å². The quantitative estimate of drug-likeness (QED) is 0.0910. The fraction of sp³-hybridized carbons (Fsp3) is 0.426. The summed E-state index contributed by atoms with van der Waals surface area (Å²) in [7, 11) is 0. The molecule has 0 unspecified atom stereocenters. The molecule has 52 heavy (non-hydrogen) atoms. The van der Waals surface area contributed by atoms with Gasteiger partial charge in [-0.1, -0.05) is 136 Å². The molecule has 1 aliphatic carbocycles. The molecule has 1 N–H and O–H groups in total. The smallest absolute Gasteiger partial charge is 0.164 e. The minimum atomic E-state index is -0.337. The van der Waals surface area contributed by atoms with Gasteiger partial charge in [-0.3, -0.25) is 9.78 Å². The van der Waals surface area contributed by atoms with E-state index in [9.17, 15) is 9.90 Å². The van der Waals surface area contributed by atoms with Gasteiger partial charge in [0, 0.05) is 48.0 Å². The number of carbonyl (C=O) groups is 1. The van der Waals surface area contributed by atoms with Crippen LogP contribution < -0.4 is 0 Å². The minimum absolute atomic E-state index is 0. The van der Waals surface area contributed by atoms with Crippen LogP contribution in [0.2, 0.25) is 0 Å². The third-order valence-corrected chi connectivity index (χ3v) is 11.7. The second-order valence-corrected chi connectivity index (χ2v) is 16.7. The molecule has 0 aliphatic heterocycles. The molecule has 5 heteroatoms. The van der Waals surface area contributed by atoms with Crippen molar-refractivity contribution in [2.75, 3.05) is 0 Å². The number of hydrogen-bond donors (Lipinski definition) is 1. The first-order valence-electron chi connectivity index (χ1n) is 18.8. The summed E-state index contributed by atoms with van der Waals surface area (Å²) in [5, 5.41) is 15.1. The van der Waals surface area contributed by atoms with E-state index in [2.05, 4.69) is 107 Å². The van der Waals surface area contributed by atoms with E-state index in [1.54, 1.807) is 6.33 Å². The van der Waals surface area contributed by atoms with E-state index in [4.69, 9.17) is 9.97 Å². The van der Waals surface area contributed by atoms with Crippen molar-refractivity contribution in [2.24, 2.45) is 16.2 Å². The predicted octanol–water partition coefficient (Wildman–Crippen LogP) is 12.8. The van der Waals surface area contributed by atoms with E-state index in [1.165, 1.54) is 49.9 Å². The Morgan fingerprint density at radius 1 is 0.769 bits per heavy atom. The van der Waals surface area contributed by atoms with E-state index < -0.39 is 0 Å². The molecule has 1 aliphatic rings. The average Bonchev–Trinajstić information content (AvgIpc) is 3.37. The molecule has 277 valence electrons. The van der Waals surface area contributed by atoms with Gasteiger partial charge in [0.1, 0.15) is 12.1 Å². The molecule has 1 radical (unpaired) electrons. The molecule has 6 rings (SSSR count). The van der Waals surface area contributed by atoms with Crippen LogP contribution in [0.15, 0.2) is 84.9 Å². The van der Waals surface area contributed by atoms with Crippen LogP contribution in [0.1, 0.15) is 119 Å². The molecule has 1 aromatic heterocycles. The van der Waals surface area contributed by atoms with Crippen LogP contribution in [-0.4, -0.2) is 20.9 Å². The first kappa shape index (κ1) is 41.1. The van der Waals surface area contributed by atoms with Crippen molar-refractivity contribution < 1.29 is 30.0 Å². The Hall–Kier alpha value is -3.66. The van der Waals surface area contributed by atoms with Crippen molar-refractivity contribution in [3.05, 3.63) is 108 Å². The molecule has 0 amide bonds. The monoisotopic (exact) mass is 874 g/mol. The molecular formula is C47H57IrN2O2-. The summed E-state index contributed by atoms with van der Waals surface area (Å²) < 4.78 is 0. The number of allylic oxidation sites excluding steroid dienone is 2. The van der Waals surface area contributed by atoms with Crippen molar-refractivity contribution in [1.29, 1.82) is 0 Å². The zero-order valence-electron chi connectivity index (χ0n) is 33.1. The number of hydrogen-bond acceptors (Lipinski definition) is 4. The Labute approximate surface area is 325 Å². The van der Waals surface area contributed by atoms with Gasteiger partial charge in [0.05, 0.1) is 5.69 Å². The molecule has 4 aromatic carbocycles. The fourth-order valence-electron chi connectivity index (χ4n) is 7.48. The summed E-state index contributed by atoms with van der Waals surface area (Å²) in [6.45, 7) is 23.7. The van der Waals surface area contributed by atoms with Crippen LogP contribution in [0.3, 0.4) is 0 Å². The number of nitrogens with zero attached hydrogens (tertiary/aromatic N) is 2. The summed E-state index contributed by atoms with van der Waals surface area (Å²) in [6, 6.07) is 27.4. The Bertz CT molecular complexity index is 2090. The number of aliphatic hydroxyl groups is 1. The molecule has 0 spiro atoms. The van der Waals surface area contributed by atoms with Crippen LogP contribution in [0.4, 0.5) is 0 Å². The second kappa shape index (κ2) is 15.7. The first-order chi connectivity index (χ1) is 24.0. The predicted molar refractivity (Wildman–Crippen MR) is 215 cm³/mol. The molecule has 0 saturated heterocycles. The van der Waals surface area contributed by atoms with Crippen LogP contribution in [0.25, 0.3) is 44.1 Å². The van der Waals surface area contributed by atoms with Crippen molar-refractivity contribution in [3.63, 3.8) is 0 Å². The van der Waals surface area contributed by atoms with Gasteiger partial charge in [-0.25, -0.2) is 4.98 Å². The van der Waals surface area contributed by atoms with Crippen LogP contribution in [0.5, 0.6) is 0 Å². The maximum atomic E-state index is 12.2. The SMILES string of the molecule is CC(C)(C)Cc1cc2ccccc2c2c1-c1ncnc(-c3[c-]cc4ccccc4c3)c1C2(C)C.CCC(C)(CC)C(=O)/C=C(\O)C(C)(CC)CC.[Ir]. The number of ketones is 1. The molecule has 0 saturated carbocycles. The maximum Gasteiger partial charge on any atom is 0.164 e. The van der Waals surface area contributed by atoms with E-state index >= 15 is 0 Å². The summed E-state index contributed by atoms with van der Waals surface area (Å²) in [5.41, 5.74) is 7.70. The van der Waals surface area contributed by atoms with Crippen molar-refractivity contribution >= 4 is 27.3 Å². The van der Waals surface area contributed by atoms with Crippen LogP contribution in [0, 0.1) is 22.3 Å². The second-order valence-electron chi connectivity index (χ2n) is 16.7. The molecule has 0 bridgehead atoms. The molecule has 4 nitrogen and oxygen atoms in total. The van der Waals surface area contributed by atoms with Gasteiger partial charge in [-0.05, 0) is 70.7 Å². The van der Waals surface area contributed by atoms with Gasteiger partial charge in [0.15, 0.2) is 5.78 Å². The van der Waals surface area contributed by atoms with Crippen LogP contribution in [-0.2, 0) is 36.7 Å². The fourth-order valence-corrected chi connectivity index (χ4v) is 7.48. The zero-order chi connectivity index (χ0) is 37.4. The number of aliphatic hydroxyl groups excluding tert-OH is 1. The molecule has 5 aromatic rings. The van der Waals surface area contributed by atoms with E-state index in [1.807, 2.05) is 41.5 Å². The van der Waals surface area contributed by atoms with Crippen molar-refractivity contribution in [1.82, 2.24) is 9.97 Å². The summed E-state index contributed by atoms with van der Waals surface area (Å²) in [5.74, 6) is 0.286. The third kappa shape index (κ3) is 7.82. The average molecular weight is 874 g/mol. The van der Waals surface area contributed by atoms with Gasteiger partial charge < -0.3 is 5.11 Å². The number of fused-ring (bicyclic) bond motifs is 6. The van der Waals surface area contributed by atoms with Gasteiger partial charge in [-0.2, -0.15) is 0 Å². The normalized spacial score (nSPS) is 13.9. The van der Waals surface area contributed by atoms with E-state index in [-0.39, 0.29) is 53.3 Å². The zero-order valence-corrected chi connectivity index (χ0v) is 35.5. The number of carbonyl (C=O) groups excluding carboxylic acids is 1.